The molecule has 4 heteroatoms. The van der Waals surface area contributed by atoms with E-state index in [1.54, 1.807) is 0 Å². The van der Waals surface area contributed by atoms with Crippen LogP contribution in [0.3, 0.4) is 0 Å². The molecule has 0 saturated carbocycles. The van der Waals surface area contributed by atoms with Crippen LogP contribution >= 0.6 is 0 Å². The molecule has 0 aromatic rings. The molecule has 56 valence electrons. The highest BCUT2D eigenvalue weighted by Gasteiger charge is 2.28. The second kappa shape index (κ2) is 2.79. The lowest BCUT2D eigenvalue weighted by atomic mass is 11.3. The molecule has 0 spiro atoms. The first-order valence-corrected chi connectivity index (χ1v) is 5.50. The van der Waals surface area contributed by atoms with Gasteiger partial charge in [-0.2, -0.15) is 0 Å². The summed E-state index contributed by atoms with van der Waals surface area (Å²) in [5.74, 6) is 0. The van der Waals surface area contributed by atoms with Crippen LogP contribution in [0.15, 0.2) is 0 Å². The predicted molar refractivity (Wildman–Crippen MR) is 43.2 cm³/mol. The minimum Gasteiger partial charge on any atom is -0.327 e. The smallest absolute Gasteiger partial charge is 0.280 e. The van der Waals surface area contributed by atoms with E-state index < -0.39 is 8.56 Å². The zero-order valence-corrected chi connectivity index (χ0v) is 7.97. The molecule has 0 unspecified atom stereocenters. The fraction of sp³-hybridized carbons (Fsp3) is 1.00. The Morgan fingerprint density at radius 1 is 1.00 bits per heavy atom. The van der Waals surface area contributed by atoms with Crippen LogP contribution in [0.5, 0.6) is 0 Å². The monoisotopic (exact) mass is 147 g/mol. The third-order valence-corrected chi connectivity index (χ3v) is 5.43. The summed E-state index contributed by atoms with van der Waals surface area (Å²) in [6.07, 6.45) is 0. The van der Waals surface area contributed by atoms with Crippen molar-refractivity contribution in [3.05, 3.63) is 0 Å². The van der Waals surface area contributed by atoms with Gasteiger partial charge in [0.1, 0.15) is 0 Å². The number of nitrogens with two attached hydrogens (primary N) is 1. The van der Waals surface area contributed by atoms with E-state index in [0.29, 0.717) is 0 Å². The van der Waals surface area contributed by atoms with Crippen LogP contribution in [0.1, 0.15) is 0 Å². The molecule has 9 heavy (non-hydrogen) atoms. The van der Waals surface area contributed by atoms with E-state index in [4.69, 9.17) is 5.40 Å². The maximum Gasteiger partial charge on any atom is 0.280 e. The zero-order valence-electron chi connectivity index (χ0n) is 6.97. The zero-order chi connectivity index (χ0) is 7.65. The van der Waals surface area contributed by atoms with Gasteiger partial charge < -0.3 is 14.5 Å². The lowest BCUT2D eigenvalue weighted by molar-refractivity contribution is 0.487. The Morgan fingerprint density at radius 3 is 1.22 bits per heavy atom. The second-order valence-corrected chi connectivity index (χ2v) is 6.86. The quantitative estimate of drug-likeness (QED) is 0.541. The van der Waals surface area contributed by atoms with Crippen LogP contribution in [0, 0.1) is 0 Å². The number of hydrogen-bond donors (Lipinski definition) is 1. The third kappa shape index (κ3) is 2.06. The summed E-state index contributed by atoms with van der Waals surface area (Å²) in [7, 11) is 6.39. The standard InChI is InChI=1S/C5H17N3Si/c1-7(2)9(5,6)8(3)4/h6H2,1-5H3. The van der Waals surface area contributed by atoms with Crippen molar-refractivity contribution in [3.8, 4) is 0 Å². The van der Waals surface area contributed by atoms with Crippen LogP contribution in [0.4, 0.5) is 0 Å². The normalized spacial score (nSPS) is 13.3. The van der Waals surface area contributed by atoms with Gasteiger partial charge in [0.05, 0.1) is 0 Å². The van der Waals surface area contributed by atoms with Gasteiger partial charge in [0.2, 0.25) is 0 Å². The predicted octanol–water partition coefficient (Wildman–Crippen LogP) is -0.363. The third-order valence-electron chi connectivity index (χ3n) is 1.81. The van der Waals surface area contributed by atoms with Crippen LogP contribution in [0.25, 0.3) is 0 Å². The van der Waals surface area contributed by atoms with E-state index in [1.165, 1.54) is 0 Å². The highest BCUT2D eigenvalue weighted by Crippen LogP contribution is 1.98. The fourth-order valence-electron chi connectivity index (χ4n) is 0.400. The lowest BCUT2D eigenvalue weighted by Gasteiger charge is -2.34. The van der Waals surface area contributed by atoms with E-state index in [0.717, 1.165) is 0 Å². The molecule has 0 aromatic carbocycles. The Hall–Kier alpha value is 0.0969. The first-order valence-electron chi connectivity index (χ1n) is 3.02. The van der Waals surface area contributed by atoms with Gasteiger partial charge >= 0.3 is 0 Å². The van der Waals surface area contributed by atoms with Gasteiger partial charge in [-0.05, 0) is 34.7 Å². The van der Waals surface area contributed by atoms with Crippen LogP contribution in [0.2, 0.25) is 6.55 Å². The summed E-state index contributed by atoms with van der Waals surface area (Å²) in [6.45, 7) is 2.10. The van der Waals surface area contributed by atoms with E-state index in [1.807, 2.05) is 28.2 Å². The summed E-state index contributed by atoms with van der Waals surface area (Å²) in [5.41, 5.74) is 0. The summed E-state index contributed by atoms with van der Waals surface area (Å²) < 4.78 is 4.21. The molecule has 0 aliphatic carbocycles. The Morgan fingerprint density at radius 2 is 1.22 bits per heavy atom. The second-order valence-electron chi connectivity index (χ2n) is 2.88. The van der Waals surface area contributed by atoms with E-state index >= 15 is 0 Å². The van der Waals surface area contributed by atoms with E-state index in [2.05, 4.69) is 15.7 Å². The van der Waals surface area contributed by atoms with Gasteiger partial charge in [-0.1, -0.05) is 0 Å². The Kier molecular flexibility index (Phi) is 2.82. The maximum absolute atomic E-state index is 5.99. The number of hydrogen-bond acceptors (Lipinski definition) is 3. The molecular formula is C5H17N3Si. The highest BCUT2D eigenvalue weighted by molar-refractivity contribution is 6.69. The Bertz CT molecular complexity index is 80.2. The molecule has 0 saturated heterocycles. The van der Waals surface area contributed by atoms with Gasteiger partial charge in [0, 0.05) is 0 Å². The molecule has 0 heterocycles. The van der Waals surface area contributed by atoms with Crippen LogP contribution in [-0.2, 0) is 0 Å². The van der Waals surface area contributed by atoms with Crippen LogP contribution < -0.4 is 5.40 Å². The van der Waals surface area contributed by atoms with Gasteiger partial charge in [-0.25, -0.2) is 0 Å². The molecule has 2 N–H and O–H groups in total. The minimum atomic E-state index is -1.69. The summed E-state index contributed by atoms with van der Waals surface area (Å²) >= 11 is 0. The van der Waals surface area contributed by atoms with Crippen molar-refractivity contribution in [2.75, 3.05) is 28.2 Å². The first kappa shape index (κ1) is 9.10. The summed E-state index contributed by atoms with van der Waals surface area (Å²) in [6, 6.07) is 0. The number of rotatable bonds is 2. The average Bonchev–Trinajstić information content (AvgIpc) is 1.65. The Balaban J connectivity index is 4.01. The highest BCUT2D eigenvalue weighted by atomic mass is 28.4. The molecule has 0 aliphatic rings. The van der Waals surface area contributed by atoms with Crippen LogP contribution in [-0.4, -0.2) is 45.9 Å². The molecule has 3 nitrogen and oxygen atoms in total. The number of nitrogens with zero attached hydrogens (tertiary/aromatic N) is 2. The molecule has 0 amide bonds. The van der Waals surface area contributed by atoms with E-state index in [9.17, 15) is 0 Å². The van der Waals surface area contributed by atoms with Crippen molar-refractivity contribution >= 4 is 8.56 Å². The maximum atomic E-state index is 5.99. The van der Waals surface area contributed by atoms with Gasteiger partial charge in [0.25, 0.3) is 8.56 Å². The van der Waals surface area contributed by atoms with Gasteiger partial charge in [-0.15, -0.1) is 0 Å². The van der Waals surface area contributed by atoms with Crippen molar-refractivity contribution in [3.63, 3.8) is 0 Å². The fourth-order valence-corrected chi connectivity index (χ4v) is 1.20. The minimum absolute atomic E-state index is 1.69. The molecule has 0 aromatic heterocycles. The van der Waals surface area contributed by atoms with Crippen molar-refractivity contribution in [1.29, 1.82) is 0 Å². The van der Waals surface area contributed by atoms with Gasteiger partial charge in [0.15, 0.2) is 0 Å². The summed E-state index contributed by atoms with van der Waals surface area (Å²) in [4.78, 5) is 0. The molecule has 0 aliphatic heterocycles. The molecule has 0 radical (unpaired) electrons. The molecule has 0 atom stereocenters. The Labute approximate surface area is 58.7 Å². The molecular weight excluding hydrogens is 130 g/mol. The topological polar surface area (TPSA) is 32.5 Å². The molecule has 0 rings (SSSR count). The molecule has 0 fully saturated rings. The lowest BCUT2D eigenvalue weighted by Crippen LogP contribution is -2.65. The van der Waals surface area contributed by atoms with Crippen molar-refractivity contribution in [2.24, 2.45) is 5.40 Å². The van der Waals surface area contributed by atoms with E-state index in [-0.39, 0.29) is 0 Å². The average molecular weight is 147 g/mol. The van der Waals surface area contributed by atoms with Gasteiger partial charge in [-0.3, -0.25) is 0 Å². The SMILES string of the molecule is CN(C)[Si](C)(N)N(C)C. The summed E-state index contributed by atoms with van der Waals surface area (Å²) in [5, 5.41) is 5.99. The van der Waals surface area contributed by atoms with Crippen molar-refractivity contribution in [2.45, 2.75) is 6.55 Å². The van der Waals surface area contributed by atoms with Crippen molar-refractivity contribution in [1.82, 2.24) is 9.13 Å². The molecule has 0 bridgehead atoms. The first-order chi connectivity index (χ1) is 3.89. The van der Waals surface area contributed by atoms with Crippen molar-refractivity contribution < 1.29 is 0 Å². The largest absolute Gasteiger partial charge is 0.327 e.